The van der Waals surface area contributed by atoms with Crippen molar-refractivity contribution in [3.8, 4) is 0 Å². The maximum atomic E-state index is 10.5. The molecule has 0 spiro atoms. The summed E-state index contributed by atoms with van der Waals surface area (Å²) >= 11 is 0. The molecule has 0 heterocycles. The zero-order chi connectivity index (χ0) is 10.6. The Morgan fingerprint density at radius 2 is 2.36 bits per heavy atom. The molecule has 0 bridgehead atoms. The second-order valence-corrected chi connectivity index (χ2v) is 3.43. The number of allylic oxidation sites excluding steroid dienone is 3. The number of hydrogen-bond donors (Lipinski definition) is 2. The fraction of sp³-hybridized carbons (Fsp3) is 0.500. The van der Waals surface area contributed by atoms with Gasteiger partial charge in [0, 0.05) is 12.6 Å². The molecule has 0 saturated carbocycles. The summed E-state index contributed by atoms with van der Waals surface area (Å²) < 4.78 is 4.85. The van der Waals surface area contributed by atoms with Gasteiger partial charge in [0.2, 0.25) is 0 Å². The van der Waals surface area contributed by atoms with Gasteiger partial charge in [-0.05, 0) is 24.8 Å². The Morgan fingerprint density at radius 1 is 1.64 bits per heavy atom. The Kier molecular flexibility index (Phi) is 3.56. The molecule has 1 aliphatic carbocycles. The van der Waals surface area contributed by atoms with Gasteiger partial charge in [-0.25, -0.2) is 0 Å². The highest BCUT2D eigenvalue weighted by molar-refractivity contribution is 5.65. The summed E-state index contributed by atoms with van der Waals surface area (Å²) in [6.45, 7) is 1.85. The average molecular weight is 196 g/mol. The molecule has 0 aromatic rings. The molecule has 0 fully saturated rings. The van der Waals surface area contributed by atoms with E-state index in [-0.39, 0.29) is 5.97 Å². The second-order valence-electron chi connectivity index (χ2n) is 3.43. The van der Waals surface area contributed by atoms with E-state index in [1.54, 1.807) is 0 Å². The number of nitrogens with two attached hydrogens (primary N) is 2. The Morgan fingerprint density at radius 3 is 2.93 bits per heavy atom. The number of ether oxygens (including phenoxy) is 1. The van der Waals surface area contributed by atoms with Crippen LogP contribution in [0.3, 0.4) is 0 Å². The summed E-state index contributed by atoms with van der Waals surface area (Å²) in [6, 6.07) is 0. The fourth-order valence-electron chi connectivity index (χ4n) is 1.37. The van der Waals surface area contributed by atoms with Gasteiger partial charge in [-0.15, -0.1) is 0 Å². The topological polar surface area (TPSA) is 78.3 Å². The van der Waals surface area contributed by atoms with Crippen LogP contribution in [0.5, 0.6) is 0 Å². The number of esters is 1. The van der Waals surface area contributed by atoms with Crippen LogP contribution in [0.1, 0.15) is 19.8 Å². The highest BCUT2D eigenvalue weighted by atomic mass is 16.5. The SMILES string of the molecule is CC(=O)OCCC1C=CC(N)=C(N)C1. The summed E-state index contributed by atoms with van der Waals surface area (Å²) in [5, 5.41) is 0. The molecule has 1 unspecified atom stereocenters. The second kappa shape index (κ2) is 4.69. The molecule has 1 rings (SSSR count). The third-order valence-electron chi connectivity index (χ3n) is 2.19. The number of carbonyl (C=O) groups is 1. The average Bonchev–Trinajstić information content (AvgIpc) is 2.10. The van der Waals surface area contributed by atoms with Gasteiger partial charge in [0.25, 0.3) is 0 Å². The van der Waals surface area contributed by atoms with Crippen LogP contribution in [-0.4, -0.2) is 12.6 Å². The fourth-order valence-corrected chi connectivity index (χ4v) is 1.37. The molecule has 0 aromatic heterocycles. The van der Waals surface area contributed by atoms with E-state index in [0.717, 1.165) is 18.5 Å². The molecule has 0 radical (unpaired) electrons. The predicted octanol–water partition coefficient (Wildman–Crippen LogP) is 0.645. The summed E-state index contributed by atoms with van der Waals surface area (Å²) in [5.74, 6) is 0.0921. The first-order valence-electron chi connectivity index (χ1n) is 4.65. The monoisotopic (exact) mass is 196 g/mol. The minimum atomic E-state index is -0.243. The molecule has 4 nitrogen and oxygen atoms in total. The van der Waals surface area contributed by atoms with Crippen LogP contribution < -0.4 is 11.5 Å². The lowest BCUT2D eigenvalue weighted by atomic mass is 9.94. The molecule has 14 heavy (non-hydrogen) atoms. The zero-order valence-electron chi connectivity index (χ0n) is 8.32. The van der Waals surface area contributed by atoms with Crippen molar-refractivity contribution in [3.63, 3.8) is 0 Å². The summed E-state index contributed by atoms with van der Waals surface area (Å²) in [7, 11) is 0. The van der Waals surface area contributed by atoms with Crippen molar-refractivity contribution < 1.29 is 9.53 Å². The Balaban J connectivity index is 2.30. The third kappa shape index (κ3) is 3.12. The van der Waals surface area contributed by atoms with Crippen LogP contribution in [0.2, 0.25) is 0 Å². The van der Waals surface area contributed by atoms with Crippen LogP contribution in [0.4, 0.5) is 0 Å². The lowest BCUT2D eigenvalue weighted by Gasteiger charge is -2.17. The normalized spacial score (nSPS) is 21.1. The van der Waals surface area contributed by atoms with E-state index in [0.29, 0.717) is 18.2 Å². The summed E-state index contributed by atoms with van der Waals surface area (Å²) in [5.41, 5.74) is 12.7. The molecule has 1 aliphatic rings. The minimum absolute atomic E-state index is 0.243. The van der Waals surface area contributed by atoms with Crippen molar-refractivity contribution in [2.75, 3.05) is 6.61 Å². The maximum absolute atomic E-state index is 10.5. The molecule has 4 heteroatoms. The first-order valence-corrected chi connectivity index (χ1v) is 4.65. The molecular weight excluding hydrogens is 180 g/mol. The van der Waals surface area contributed by atoms with Gasteiger partial charge >= 0.3 is 5.97 Å². The molecule has 0 saturated heterocycles. The smallest absolute Gasteiger partial charge is 0.302 e. The van der Waals surface area contributed by atoms with Gasteiger partial charge < -0.3 is 16.2 Å². The van der Waals surface area contributed by atoms with Crippen LogP contribution in [0.25, 0.3) is 0 Å². The van der Waals surface area contributed by atoms with Crippen molar-refractivity contribution in [2.24, 2.45) is 17.4 Å². The Bertz CT molecular complexity index is 282. The van der Waals surface area contributed by atoms with Gasteiger partial charge in [0.15, 0.2) is 0 Å². The van der Waals surface area contributed by atoms with E-state index in [1.165, 1.54) is 6.92 Å². The molecule has 0 aliphatic heterocycles. The first-order chi connectivity index (χ1) is 6.59. The zero-order valence-corrected chi connectivity index (χ0v) is 8.32. The van der Waals surface area contributed by atoms with Gasteiger partial charge in [-0.3, -0.25) is 4.79 Å². The van der Waals surface area contributed by atoms with Gasteiger partial charge in [-0.2, -0.15) is 0 Å². The Labute approximate surface area is 83.6 Å². The van der Waals surface area contributed by atoms with Crippen LogP contribution in [-0.2, 0) is 9.53 Å². The van der Waals surface area contributed by atoms with E-state index in [4.69, 9.17) is 16.2 Å². The van der Waals surface area contributed by atoms with Gasteiger partial charge in [0.1, 0.15) is 0 Å². The molecule has 1 atom stereocenters. The number of rotatable bonds is 3. The minimum Gasteiger partial charge on any atom is -0.466 e. The molecule has 0 aromatic carbocycles. The van der Waals surface area contributed by atoms with Gasteiger partial charge in [0.05, 0.1) is 12.3 Å². The lowest BCUT2D eigenvalue weighted by molar-refractivity contribution is -0.141. The molecular formula is C10H16N2O2. The van der Waals surface area contributed by atoms with E-state index in [1.807, 2.05) is 12.2 Å². The first kappa shape index (κ1) is 10.6. The molecule has 0 amide bonds. The van der Waals surface area contributed by atoms with E-state index in [9.17, 15) is 4.79 Å². The summed E-state index contributed by atoms with van der Waals surface area (Å²) in [6.07, 6.45) is 5.38. The highest BCUT2D eigenvalue weighted by Gasteiger charge is 2.12. The van der Waals surface area contributed by atoms with Crippen molar-refractivity contribution in [1.29, 1.82) is 0 Å². The van der Waals surface area contributed by atoms with Crippen molar-refractivity contribution in [2.45, 2.75) is 19.8 Å². The highest BCUT2D eigenvalue weighted by Crippen LogP contribution is 2.20. The van der Waals surface area contributed by atoms with Crippen LogP contribution >= 0.6 is 0 Å². The predicted molar refractivity (Wildman–Crippen MR) is 53.9 cm³/mol. The third-order valence-corrected chi connectivity index (χ3v) is 2.19. The van der Waals surface area contributed by atoms with Crippen LogP contribution in [0, 0.1) is 5.92 Å². The van der Waals surface area contributed by atoms with E-state index >= 15 is 0 Å². The van der Waals surface area contributed by atoms with Crippen molar-refractivity contribution in [1.82, 2.24) is 0 Å². The van der Waals surface area contributed by atoms with Crippen molar-refractivity contribution >= 4 is 5.97 Å². The van der Waals surface area contributed by atoms with E-state index < -0.39 is 0 Å². The van der Waals surface area contributed by atoms with E-state index in [2.05, 4.69) is 0 Å². The number of carbonyl (C=O) groups excluding carboxylic acids is 1. The quantitative estimate of drug-likeness (QED) is 0.649. The summed E-state index contributed by atoms with van der Waals surface area (Å²) in [4.78, 5) is 10.5. The number of hydrogen-bond acceptors (Lipinski definition) is 4. The lowest BCUT2D eigenvalue weighted by Crippen LogP contribution is -2.17. The van der Waals surface area contributed by atoms with Gasteiger partial charge in [-0.1, -0.05) is 6.08 Å². The van der Waals surface area contributed by atoms with Crippen molar-refractivity contribution in [3.05, 3.63) is 23.5 Å². The largest absolute Gasteiger partial charge is 0.466 e. The molecule has 78 valence electrons. The Hall–Kier alpha value is -1.45. The maximum Gasteiger partial charge on any atom is 0.302 e. The standard InChI is InChI=1S/C10H16N2O2/c1-7(13)14-5-4-8-2-3-9(11)10(12)6-8/h2-3,8H,4-6,11-12H2,1H3. The molecule has 4 N–H and O–H groups in total. The van der Waals surface area contributed by atoms with Crippen LogP contribution in [0.15, 0.2) is 23.5 Å².